The van der Waals surface area contributed by atoms with Gasteiger partial charge >= 0.3 is 0 Å². The summed E-state index contributed by atoms with van der Waals surface area (Å²) in [7, 11) is -2.16. The smallest absolute Gasteiger partial charge is 0.240 e. The molecule has 0 bridgehead atoms. The number of unbranched alkanes of at least 4 members (excludes halogenated alkanes) is 1. The largest absolute Gasteiger partial charge is 0.432 e. The van der Waals surface area contributed by atoms with E-state index in [1.165, 1.54) is 11.9 Å². The summed E-state index contributed by atoms with van der Waals surface area (Å²) in [4.78, 5) is 22.7. The van der Waals surface area contributed by atoms with E-state index >= 15 is 0 Å². The van der Waals surface area contributed by atoms with E-state index in [4.69, 9.17) is 0 Å². The molecule has 1 aliphatic rings. The van der Waals surface area contributed by atoms with E-state index in [9.17, 15) is 18.4 Å². The zero-order chi connectivity index (χ0) is 21.9. The summed E-state index contributed by atoms with van der Waals surface area (Å²) in [6.07, 6.45) is 2.53. The van der Waals surface area contributed by atoms with Crippen molar-refractivity contribution < 1.29 is 18.4 Å². The summed E-state index contributed by atoms with van der Waals surface area (Å²) in [5.74, 6) is -1.35. The van der Waals surface area contributed by atoms with Crippen LogP contribution in [0.25, 0.3) is 0 Å². The van der Waals surface area contributed by atoms with E-state index in [0.29, 0.717) is 18.6 Å². The van der Waals surface area contributed by atoms with Gasteiger partial charge in [0.25, 0.3) is 0 Å². The summed E-state index contributed by atoms with van der Waals surface area (Å²) < 4.78 is 28.3. The van der Waals surface area contributed by atoms with E-state index in [1.807, 2.05) is 43.4 Å². The van der Waals surface area contributed by atoms with Crippen molar-refractivity contribution in [3.05, 3.63) is 71.3 Å². The molecule has 7 heteroatoms. The summed E-state index contributed by atoms with van der Waals surface area (Å²) in [5, 5.41) is 5.90. The number of benzene rings is 2. The fourth-order valence-electron chi connectivity index (χ4n) is 4.13. The van der Waals surface area contributed by atoms with Gasteiger partial charge in [-0.25, -0.2) is 13.8 Å². The van der Waals surface area contributed by atoms with Crippen molar-refractivity contribution in [2.75, 3.05) is 0 Å². The predicted octanol–water partition coefficient (Wildman–Crippen LogP) is 5.18. The van der Waals surface area contributed by atoms with Gasteiger partial charge in [0, 0.05) is 18.9 Å². The molecule has 0 aromatic heterocycles. The molecule has 1 unspecified atom stereocenters. The molecule has 3 rings (SSSR count). The number of rotatable bonds is 7. The van der Waals surface area contributed by atoms with Gasteiger partial charge in [-0.05, 0) is 49.3 Å². The maximum absolute atomic E-state index is 14.5. The average Bonchev–Trinajstić information content (AvgIpc) is 3.08. The van der Waals surface area contributed by atoms with Crippen molar-refractivity contribution in [3.63, 3.8) is 0 Å². The van der Waals surface area contributed by atoms with Gasteiger partial charge in [-0.1, -0.05) is 43.2 Å². The number of carbonyl (C=O) groups is 1. The van der Waals surface area contributed by atoms with E-state index in [1.54, 1.807) is 0 Å². The molecule has 0 spiro atoms. The van der Waals surface area contributed by atoms with Crippen molar-refractivity contribution in [2.24, 2.45) is 5.10 Å². The SMILES string of the molecule is CC(=O)N1N=C(c2cc(F)ccc2F)CC1(CCCC[Si](C)(C)O)c1ccccc1. The molecule has 0 aliphatic carbocycles. The molecule has 0 fully saturated rings. The summed E-state index contributed by atoms with van der Waals surface area (Å²) in [6.45, 7) is 5.26. The van der Waals surface area contributed by atoms with Gasteiger partial charge in [0.05, 0.1) is 11.3 Å². The van der Waals surface area contributed by atoms with Crippen LogP contribution in [0.15, 0.2) is 53.6 Å². The number of carbonyl (C=O) groups excluding carboxylic acids is 1. The third kappa shape index (κ3) is 4.84. The van der Waals surface area contributed by atoms with Crippen LogP contribution >= 0.6 is 0 Å². The second-order valence-corrected chi connectivity index (χ2v) is 12.7. The Morgan fingerprint density at radius 2 is 1.87 bits per heavy atom. The zero-order valence-corrected chi connectivity index (χ0v) is 18.7. The van der Waals surface area contributed by atoms with E-state index in [0.717, 1.165) is 42.6 Å². The molecule has 1 atom stereocenters. The fraction of sp³-hybridized carbons (Fsp3) is 0.391. The Morgan fingerprint density at radius 3 is 2.50 bits per heavy atom. The summed E-state index contributed by atoms with van der Waals surface area (Å²) in [5.41, 5.74) is 0.602. The number of halogens is 2. The van der Waals surface area contributed by atoms with Gasteiger partial charge in [0.2, 0.25) is 5.91 Å². The Balaban J connectivity index is 1.98. The molecule has 2 aromatic carbocycles. The average molecular weight is 431 g/mol. The van der Waals surface area contributed by atoms with Crippen molar-refractivity contribution >= 4 is 19.9 Å². The maximum Gasteiger partial charge on any atom is 0.240 e. The molecule has 0 radical (unpaired) electrons. The lowest BCUT2D eigenvalue weighted by Gasteiger charge is -2.36. The number of amides is 1. The molecule has 1 N–H and O–H groups in total. The normalized spacial score (nSPS) is 19.1. The van der Waals surface area contributed by atoms with E-state index in [2.05, 4.69) is 5.10 Å². The Morgan fingerprint density at radius 1 is 1.17 bits per heavy atom. The predicted molar refractivity (Wildman–Crippen MR) is 117 cm³/mol. The lowest BCUT2D eigenvalue weighted by molar-refractivity contribution is -0.135. The minimum atomic E-state index is -2.16. The van der Waals surface area contributed by atoms with Crippen LogP contribution in [0.4, 0.5) is 8.78 Å². The van der Waals surface area contributed by atoms with E-state index < -0.39 is 25.5 Å². The standard InChI is InChI=1S/C23H28F2N2O2Si/c1-17(28)27-23(18-9-5-4-6-10-18,13-7-8-14-30(2,3)29)16-22(26-27)20-15-19(24)11-12-21(20)25/h4-6,9-12,15,29H,7-8,13-14,16H2,1-3H3. The Kier molecular flexibility index (Phi) is 6.52. The van der Waals surface area contributed by atoms with Crippen LogP contribution in [-0.2, 0) is 10.3 Å². The fourth-order valence-corrected chi connectivity index (χ4v) is 5.24. The highest BCUT2D eigenvalue weighted by Gasteiger charge is 2.46. The van der Waals surface area contributed by atoms with Crippen LogP contribution in [0, 0.1) is 11.6 Å². The molecule has 30 heavy (non-hydrogen) atoms. The highest BCUT2D eigenvalue weighted by atomic mass is 28.4. The first-order valence-corrected chi connectivity index (χ1v) is 13.4. The van der Waals surface area contributed by atoms with Crippen LogP contribution in [-0.4, -0.2) is 29.7 Å². The first-order chi connectivity index (χ1) is 14.1. The quantitative estimate of drug-likeness (QED) is 0.486. The molecule has 0 saturated carbocycles. The molecule has 160 valence electrons. The van der Waals surface area contributed by atoms with Crippen LogP contribution < -0.4 is 0 Å². The lowest BCUT2D eigenvalue weighted by atomic mass is 9.80. The van der Waals surface area contributed by atoms with Crippen LogP contribution in [0.3, 0.4) is 0 Å². The molecule has 1 heterocycles. The van der Waals surface area contributed by atoms with E-state index in [-0.39, 0.29) is 11.5 Å². The Hall–Kier alpha value is -2.38. The number of hydrazone groups is 1. The zero-order valence-electron chi connectivity index (χ0n) is 17.7. The molecular weight excluding hydrogens is 402 g/mol. The van der Waals surface area contributed by atoms with Crippen LogP contribution in [0.5, 0.6) is 0 Å². The van der Waals surface area contributed by atoms with Crippen molar-refractivity contribution in [1.82, 2.24) is 5.01 Å². The van der Waals surface area contributed by atoms with Crippen LogP contribution in [0.2, 0.25) is 19.1 Å². The topological polar surface area (TPSA) is 52.9 Å². The number of nitrogens with zero attached hydrogens (tertiary/aromatic N) is 2. The van der Waals surface area contributed by atoms with Crippen molar-refractivity contribution in [2.45, 2.75) is 57.3 Å². The molecule has 2 aromatic rings. The number of hydrogen-bond donors (Lipinski definition) is 1. The Labute approximate surface area is 177 Å². The van der Waals surface area contributed by atoms with Gasteiger partial charge < -0.3 is 4.80 Å². The molecule has 0 saturated heterocycles. The first kappa shape index (κ1) is 22.3. The first-order valence-electron chi connectivity index (χ1n) is 10.2. The highest BCUT2D eigenvalue weighted by molar-refractivity contribution is 6.69. The summed E-state index contributed by atoms with van der Waals surface area (Å²) in [6, 6.07) is 13.7. The molecule has 1 amide bonds. The van der Waals surface area contributed by atoms with Gasteiger partial charge in [0.1, 0.15) is 11.6 Å². The third-order valence-corrected chi connectivity index (χ3v) is 7.14. The highest BCUT2D eigenvalue weighted by Crippen LogP contribution is 2.43. The summed E-state index contributed by atoms with van der Waals surface area (Å²) >= 11 is 0. The molecule has 4 nitrogen and oxygen atoms in total. The van der Waals surface area contributed by atoms with Gasteiger partial charge in [-0.15, -0.1) is 0 Å². The van der Waals surface area contributed by atoms with Gasteiger partial charge in [-0.2, -0.15) is 5.10 Å². The second kappa shape index (κ2) is 8.77. The monoisotopic (exact) mass is 430 g/mol. The Bertz CT molecular complexity index is 944. The van der Waals surface area contributed by atoms with Gasteiger partial charge in [-0.3, -0.25) is 4.79 Å². The van der Waals surface area contributed by atoms with Gasteiger partial charge in [0.15, 0.2) is 8.32 Å². The third-order valence-electron chi connectivity index (χ3n) is 5.56. The minimum absolute atomic E-state index is 0.0861. The minimum Gasteiger partial charge on any atom is -0.432 e. The second-order valence-electron chi connectivity index (χ2n) is 8.60. The van der Waals surface area contributed by atoms with Crippen molar-refractivity contribution in [3.8, 4) is 0 Å². The molecular formula is C23H28F2N2O2Si. The lowest BCUT2D eigenvalue weighted by Crippen LogP contribution is -2.42. The number of hydrogen-bond acceptors (Lipinski definition) is 3. The maximum atomic E-state index is 14.5. The molecule has 1 aliphatic heterocycles. The van der Waals surface area contributed by atoms with Crippen molar-refractivity contribution in [1.29, 1.82) is 0 Å². The van der Waals surface area contributed by atoms with Crippen LogP contribution in [0.1, 0.15) is 43.7 Å².